The Labute approximate surface area is 235 Å². The van der Waals surface area contributed by atoms with Crippen LogP contribution in [0.25, 0.3) is 0 Å². The summed E-state index contributed by atoms with van der Waals surface area (Å²) in [5.74, 6) is -0.777. The lowest BCUT2D eigenvalue weighted by Gasteiger charge is -2.24. The van der Waals surface area contributed by atoms with E-state index in [1.54, 1.807) is 26.0 Å². The molecule has 0 aliphatic carbocycles. The number of carbonyl (C=O) groups excluding carboxylic acids is 1. The third-order valence-corrected chi connectivity index (χ3v) is 8.59. The molecule has 0 bridgehead atoms. The summed E-state index contributed by atoms with van der Waals surface area (Å²) < 4.78 is 40.2. The van der Waals surface area contributed by atoms with Gasteiger partial charge in [0.25, 0.3) is 10.0 Å². The lowest BCUT2D eigenvalue weighted by Crippen LogP contribution is -2.42. The van der Waals surface area contributed by atoms with Crippen molar-refractivity contribution >= 4 is 28.0 Å². The fourth-order valence-electron chi connectivity index (χ4n) is 4.78. The van der Waals surface area contributed by atoms with Crippen LogP contribution in [-0.4, -0.2) is 61.7 Å². The van der Waals surface area contributed by atoms with E-state index in [0.29, 0.717) is 17.5 Å². The van der Waals surface area contributed by atoms with Crippen molar-refractivity contribution in [1.29, 1.82) is 0 Å². The minimum Gasteiger partial charge on any atom is -0.487 e. The number of fused-ring (bicyclic) bond motifs is 1. The maximum absolute atomic E-state index is 13.3. The van der Waals surface area contributed by atoms with E-state index in [2.05, 4.69) is 9.71 Å². The first-order valence-corrected chi connectivity index (χ1v) is 14.4. The molecule has 1 atom stereocenters. The van der Waals surface area contributed by atoms with Gasteiger partial charge in [-0.15, -0.1) is 0 Å². The molecule has 1 amide bonds. The van der Waals surface area contributed by atoms with Gasteiger partial charge in [-0.25, -0.2) is 22.7 Å². The average molecular weight is 575 g/mol. The maximum Gasteiger partial charge on any atom is 0.410 e. The fourth-order valence-corrected chi connectivity index (χ4v) is 6.31. The number of carboxylic acids is 1. The number of benzene rings is 2. The van der Waals surface area contributed by atoms with Crippen molar-refractivity contribution in [3.05, 3.63) is 58.1 Å². The third-order valence-electron chi connectivity index (χ3n) is 6.96. The first kappa shape index (κ1) is 30.7. The highest BCUT2D eigenvalue weighted by molar-refractivity contribution is 7.90. The molecule has 3 rings (SSSR count). The van der Waals surface area contributed by atoms with Crippen molar-refractivity contribution < 1.29 is 32.6 Å². The van der Waals surface area contributed by atoms with Crippen LogP contribution in [0.5, 0.6) is 5.75 Å². The van der Waals surface area contributed by atoms with Crippen molar-refractivity contribution in [3.8, 4) is 5.75 Å². The molecular weight excluding hydrogens is 536 g/mol. The lowest BCUT2D eigenvalue weighted by molar-refractivity contribution is -0.142. The van der Waals surface area contributed by atoms with Gasteiger partial charge in [-0.05, 0) is 69.7 Å². The number of rotatable bonds is 10. The molecule has 0 aromatic heterocycles. The van der Waals surface area contributed by atoms with Crippen LogP contribution < -0.4 is 15.2 Å². The molecule has 4 N–H and O–H groups in total. The summed E-state index contributed by atoms with van der Waals surface area (Å²) in [7, 11) is -2.69. The van der Waals surface area contributed by atoms with E-state index in [0.717, 1.165) is 27.3 Å². The number of nitrogens with zero attached hydrogens (tertiary/aromatic N) is 2. The van der Waals surface area contributed by atoms with Gasteiger partial charge in [0.1, 0.15) is 24.0 Å². The second-order valence-corrected chi connectivity index (χ2v) is 12.2. The Bertz CT molecular complexity index is 1410. The quantitative estimate of drug-likeness (QED) is 0.221. The van der Waals surface area contributed by atoms with E-state index in [1.165, 1.54) is 7.05 Å². The van der Waals surface area contributed by atoms with Gasteiger partial charge in [0, 0.05) is 25.6 Å². The van der Waals surface area contributed by atoms with E-state index in [4.69, 9.17) is 15.2 Å². The average Bonchev–Trinajstić information content (AvgIpc) is 3.21. The van der Waals surface area contributed by atoms with Crippen LogP contribution in [0.2, 0.25) is 0 Å². The van der Waals surface area contributed by atoms with E-state index >= 15 is 0 Å². The smallest absolute Gasteiger partial charge is 0.410 e. The van der Waals surface area contributed by atoms with Gasteiger partial charge in [0.15, 0.2) is 0 Å². The first-order chi connectivity index (χ1) is 18.6. The number of hydrogen-bond acceptors (Lipinski definition) is 7. The highest BCUT2D eigenvalue weighted by Gasteiger charge is 2.36. The summed E-state index contributed by atoms with van der Waals surface area (Å²) in [5.41, 5.74) is 9.05. The number of likely N-dealkylation sites (N-methyl/N-ethyl adjacent to an activating group) is 1. The van der Waals surface area contributed by atoms with Gasteiger partial charge >= 0.3 is 12.1 Å². The van der Waals surface area contributed by atoms with Gasteiger partial charge in [0.05, 0.1) is 4.90 Å². The zero-order valence-electron chi connectivity index (χ0n) is 23.8. The molecule has 11 nitrogen and oxygen atoms in total. The van der Waals surface area contributed by atoms with E-state index in [9.17, 15) is 23.1 Å². The third kappa shape index (κ3) is 7.04. The van der Waals surface area contributed by atoms with Gasteiger partial charge in [0.2, 0.25) is 5.96 Å². The van der Waals surface area contributed by atoms with E-state index < -0.39 is 33.7 Å². The minimum absolute atomic E-state index is 0.0187. The summed E-state index contributed by atoms with van der Waals surface area (Å²) >= 11 is 0. The Morgan fingerprint density at radius 2 is 1.82 bits per heavy atom. The molecule has 0 fully saturated rings. The number of aliphatic carboxylic acids is 1. The van der Waals surface area contributed by atoms with Gasteiger partial charge < -0.3 is 20.3 Å². The number of carbonyl (C=O) groups is 2. The Morgan fingerprint density at radius 1 is 1.18 bits per heavy atom. The van der Waals surface area contributed by atoms with Crippen LogP contribution in [0.1, 0.15) is 54.5 Å². The summed E-state index contributed by atoms with van der Waals surface area (Å²) in [4.78, 5) is 29.4. The van der Waals surface area contributed by atoms with Gasteiger partial charge in [-0.1, -0.05) is 30.3 Å². The topological polar surface area (TPSA) is 161 Å². The zero-order valence-corrected chi connectivity index (χ0v) is 24.6. The number of nitrogens with one attached hydrogen (secondary N) is 1. The Hall–Kier alpha value is -3.80. The van der Waals surface area contributed by atoms with Crippen molar-refractivity contribution in [2.45, 2.75) is 77.0 Å². The number of amides is 1. The fraction of sp³-hybridized carbons (Fsp3) is 0.464. The van der Waals surface area contributed by atoms with Gasteiger partial charge in [-0.2, -0.15) is 0 Å². The Morgan fingerprint density at radius 3 is 2.45 bits per heavy atom. The molecule has 0 saturated carbocycles. The molecule has 12 heteroatoms. The summed E-state index contributed by atoms with van der Waals surface area (Å²) in [5, 5.41) is 9.63. The SMILES string of the molecule is Cc1c(C)c(S(=O)(=O)NC(N)=NCCCC(C(=O)O)N(C)C(=O)OCc2ccccc2)c(C)c2c1OC(C)(C)C2. The predicted octanol–water partition coefficient (Wildman–Crippen LogP) is 3.42. The number of carboxylic acid groups (broad SMARTS) is 1. The monoisotopic (exact) mass is 574 g/mol. The molecule has 1 aliphatic heterocycles. The molecule has 1 aliphatic rings. The number of hydrogen-bond donors (Lipinski definition) is 3. The predicted molar refractivity (Wildman–Crippen MR) is 151 cm³/mol. The number of sulfonamides is 1. The second-order valence-electron chi connectivity index (χ2n) is 10.6. The lowest BCUT2D eigenvalue weighted by atomic mass is 9.94. The number of nitrogens with two attached hydrogens (primary N) is 1. The molecule has 2 aromatic carbocycles. The molecule has 1 heterocycles. The van der Waals surface area contributed by atoms with E-state index in [1.807, 2.05) is 39.0 Å². The Kier molecular flexibility index (Phi) is 9.34. The number of ether oxygens (including phenoxy) is 2. The van der Waals surface area contributed by atoms with Crippen LogP contribution in [0.4, 0.5) is 4.79 Å². The van der Waals surface area contributed by atoms with E-state index in [-0.39, 0.29) is 36.8 Å². The van der Waals surface area contributed by atoms with Crippen molar-refractivity contribution in [1.82, 2.24) is 9.62 Å². The molecule has 2 aromatic rings. The highest BCUT2D eigenvalue weighted by Crippen LogP contribution is 2.43. The van der Waals surface area contributed by atoms with Crippen molar-refractivity contribution in [2.75, 3.05) is 13.6 Å². The highest BCUT2D eigenvalue weighted by atomic mass is 32.2. The molecule has 0 saturated heterocycles. The number of aliphatic imine (C=N–C) groups is 1. The standard InChI is InChI=1S/C28H38N4O7S/c1-17-18(2)24(19(3)21-15-28(4,5)39-23(17)21)40(36,37)31-26(29)30-14-10-13-22(25(33)34)32(6)27(35)38-16-20-11-8-7-9-12-20/h7-9,11-12,22H,10,13-16H2,1-6H3,(H,33,34)(H3,29,30,31). The number of guanidine groups is 1. The van der Waals surface area contributed by atoms with Crippen LogP contribution in [-0.2, 0) is 32.6 Å². The second kappa shape index (κ2) is 12.2. The zero-order chi connectivity index (χ0) is 29.8. The van der Waals surface area contributed by atoms with Crippen LogP contribution in [0.15, 0.2) is 40.2 Å². The molecule has 218 valence electrons. The molecule has 40 heavy (non-hydrogen) atoms. The maximum atomic E-state index is 13.3. The molecular formula is C28H38N4O7S. The molecule has 1 unspecified atom stereocenters. The summed E-state index contributed by atoms with van der Waals surface area (Å²) in [6.07, 6.45) is 0.114. The van der Waals surface area contributed by atoms with Gasteiger partial charge in [-0.3, -0.25) is 9.89 Å². The van der Waals surface area contributed by atoms with Crippen LogP contribution in [0, 0.1) is 20.8 Å². The largest absolute Gasteiger partial charge is 0.487 e. The Balaban J connectivity index is 1.61. The van der Waals surface area contributed by atoms with Crippen LogP contribution in [0.3, 0.4) is 0 Å². The normalized spacial score (nSPS) is 15.1. The minimum atomic E-state index is -4.05. The molecule has 0 spiro atoms. The summed E-state index contributed by atoms with van der Waals surface area (Å²) in [6.45, 7) is 9.30. The summed E-state index contributed by atoms with van der Waals surface area (Å²) in [6, 6.07) is 7.89. The first-order valence-electron chi connectivity index (χ1n) is 13.0. The molecule has 0 radical (unpaired) electrons. The van der Waals surface area contributed by atoms with Crippen molar-refractivity contribution in [3.63, 3.8) is 0 Å². The van der Waals surface area contributed by atoms with Crippen molar-refractivity contribution in [2.24, 2.45) is 10.7 Å². The van der Waals surface area contributed by atoms with Crippen LogP contribution >= 0.6 is 0 Å².